The Morgan fingerprint density at radius 2 is 1.53 bits per heavy atom. The third kappa shape index (κ3) is 4.92. The smallest absolute Gasteiger partial charge is 0.302 e. The summed E-state index contributed by atoms with van der Waals surface area (Å²) in [6.45, 7) is 23.0. The summed E-state index contributed by atoms with van der Waals surface area (Å²) >= 11 is 0. The van der Waals surface area contributed by atoms with Gasteiger partial charge in [0.15, 0.2) is 0 Å². The van der Waals surface area contributed by atoms with Crippen LogP contribution in [0.1, 0.15) is 118 Å². The molecule has 5 aliphatic carbocycles. The van der Waals surface area contributed by atoms with Gasteiger partial charge in [-0.05, 0) is 141 Å². The average molecular weight is 639 g/mol. The van der Waals surface area contributed by atoms with Gasteiger partial charge in [0.25, 0.3) is 10.1 Å². The average Bonchev–Trinajstić information content (AvgIpc) is 3.34. The number of benzene rings is 1. The van der Waals surface area contributed by atoms with Gasteiger partial charge in [0, 0.05) is 12.3 Å². The number of hydrogen-bond donors (Lipinski definition) is 0. The van der Waals surface area contributed by atoms with Crippen LogP contribution >= 0.6 is 0 Å². The lowest BCUT2D eigenvalue weighted by molar-refractivity contribution is -0.251. The Kier molecular flexibility index (Phi) is 8.08. The Bertz CT molecular complexity index is 1450. The highest BCUT2D eigenvalue weighted by Gasteiger charge is 2.71. The van der Waals surface area contributed by atoms with Gasteiger partial charge in [-0.3, -0.25) is 8.98 Å². The highest BCUT2D eigenvalue weighted by atomic mass is 32.2. The van der Waals surface area contributed by atoms with Crippen LogP contribution in [-0.2, 0) is 23.8 Å². The summed E-state index contributed by atoms with van der Waals surface area (Å²) in [6.07, 6.45) is 11.1. The predicted molar refractivity (Wildman–Crippen MR) is 179 cm³/mol. The van der Waals surface area contributed by atoms with Gasteiger partial charge in [0.1, 0.15) is 6.10 Å². The summed E-state index contributed by atoms with van der Waals surface area (Å²) in [5.41, 5.74) is 2.69. The molecule has 0 aromatic heterocycles. The molecular weight excluding hydrogens is 580 g/mol. The molecule has 250 valence electrons. The molecule has 0 radical (unpaired) electrons. The molecule has 0 N–H and O–H groups in total. The molecule has 5 nitrogen and oxygen atoms in total. The summed E-state index contributed by atoms with van der Waals surface area (Å²) in [5.74, 6) is 2.31. The van der Waals surface area contributed by atoms with Crippen LogP contribution in [0.3, 0.4) is 0 Å². The quantitative estimate of drug-likeness (QED) is 0.176. The molecule has 0 bridgehead atoms. The molecule has 0 spiro atoms. The van der Waals surface area contributed by atoms with E-state index < -0.39 is 10.1 Å². The van der Waals surface area contributed by atoms with Gasteiger partial charge in [-0.15, -0.1) is 0 Å². The fourth-order valence-corrected chi connectivity index (χ4v) is 13.9. The van der Waals surface area contributed by atoms with Crippen LogP contribution in [0.4, 0.5) is 0 Å². The van der Waals surface area contributed by atoms with Gasteiger partial charge in [0.2, 0.25) is 0 Å². The van der Waals surface area contributed by atoms with Gasteiger partial charge in [-0.25, -0.2) is 0 Å². The van der Waals surface area contributed by atoms with Crippen molar-refractivity contribution < 1.29 is 22.1 Å². The van der Waals surface area contributed by atoms with Crippen LogP contribution in [0.2, 0.25) is 0 Å². The van der Waals surface area contributed by atoms with Gasteiger partial charge < -0.3 is 4.74 Å². The molecule has 0 unspecified atom stereocenters. The van der Waals surface area contributed by atoms with Crippen molar-refractivity contribution in [1.82, 2.24) is 0 Å². The van der Waals surface area contributed by atoms with Crippen molar-refractivity contribution in [1.29, 1.82) is 0 Å². The number of ether oxygens (including phenoxy) is 1. The zero-order valence-corrected chi connectivity index (χ0v) is 30.0. The normalized spacial score (nSPS) is 43.7. The van der Waals surface area contributed by atoms with E-state index in [-0.39, 0.29) is 50.7 Å². The first kappa shape index (κ1) is 33.2. The van der Waals surface area contributed by atoms with E-state index in [0.717, 1.165) is 44.1 Å². The maximum absolute atomic E-state index is 13.4. The Hall–Kier alpha value is -1.66. The molecule has 5 saturated carbocycles. The summed E-state index contributed by atoms with van der Waals surface area (Å²) in [4.78, 5) is 12.3. The minimum atomic E-state index is -3.83. The van der Waals surface area contributed by atoms with E-state index >= 15 is 0 Å². The van der Waals surface area contributed by atoms with Gasteiger partial charge >= 0.3 is 5.97 Å². The number of aryl methyl sites for hydroxylation is 1. The van der Waals surface area contributed by atoms with Crippen LogP contribution in [0.5, 0.6) is 0 Å². The molecule has 0 heterocycles. The Morgan fingerprint density at radius 1 is 0.844 bits per heavy atom. The monoisotopic (exact) mass is 638 g/mol. The summed E-state index contributed by atoms with van der Waals surface area (Å²) < 4.78 is 38.8. The fourth-order valence-electron chi connectivity index (χ4n) is 12.9. The zero-order valence-electron chi connectivity index (χ0n) is 29.2. The molecule has 45 heavy (non-hydrogen) atoms. The van der Waals surface area contributed by atoms with Crippen LogP contribution in [-0.4, -0.2) is 27.1 Å². The van der Waals surface area contributed by atoms with Crippen molar-refractivity contribution in [2.24, 2.45) is 56.7 Å². The van der Waals surface area contributed by atoms with Crippen molar-refractivity contribution in [3.8, 4) is 0 Å². The first-order chi connectivity index (χ1) is 20.9. The molecule has 1 aromatic carbocycles. The minimum absolute atomic E-state index is 0.00865. The molecular formula is C39H58O5S. The van der Waals surface area contributed by atoms with Crippen LogP contribution in [0, 0.1) is 63.6 Å². The molecule has 1 aromatic rings. The number of hydrogen-bond acceptors (Lipinski definition) is 5. The lowest BCUT2D eigenvalue weighted by Gasteiger charge is -2.73. The Balaban J connectivity index is 1.31. The first-order valence-corrected chi connectivity index (χ1v) is 19.1. The highest BCUT2D eigenvalue weighted by molar-refractivity contribution is 7.86. The highest BCUT2D eigenvalue weighted by Crippen LogP contribution is 2.77. The number of carbonyl (C=O) groups excluding carboxylic acids is 1. The van der Waals surface area contributed by atoms with E-state index in [1.165, 1.54) is 31.3 Å². The van der Waals surface area contributed by atoms with E-state index in [0.29, 0.717) is 29.6 Å². The number of rotatable bonds is 6. The number of esters is 1. The first-order valence-electron chi connectivity index (χ1n) is 17.7. The van der Waals surface area contributed by atoms with E-state index in [1.807, 2.05) is 19.1 Å². The number of carbonyl (C=O) groups is 1. The maximum Gasteiger partial charge on any atom is 0.302 e. The SMILES string of the molecule is C=C(C)[C@@H]1CC[C@]2(COS(=O)(=O)c3ccc(C)cc3)CC[C@]3(C)[C@@H](CC[C@@H]4[C@]5(C)CC[C@@H](OC(C)=O)C(C)(C)[C@H]5CC[C@@]43C)[C@@H]12. The molecule has 6 rings (SSSR count). The van der Waals surface area contributed by atoms with Crippen LogP contribution in [0.25, 0.3) is 0 Å². The molecule has 0 aliphatic heterocycles. The van der Waals surface area contributed by atoms with Crippen molar-refractivity contribution >= 4 is 16.1 Å². The zero-order chi connectivity index (χ0) is 32.8. The summed E-state index contributed by atoms with van der Waals surface area (Å²) in [5, 5.41) is 0. The van der Waals surface area contributed by atoms with Crippen molar-refractivity contribution in [3.05, 3.63) is 42.0 Å². The lowest BCUT2D eigenvalue weighted by Crippen LogP contribution is -2.67. The molecule has 0 amide bonds. The summed E-state index contributed by atoms with van der Waals surface area (Å²) in [7, 11) is -3.83. The second kappa shape index (κ2) is 10.9. The third-order valence-electron chi connectivity index (χ3n) is 15.3. The Labute approximate surface area is 273 Å². The number of fused-ring (bicyclic) bond motifs is 7. The maximum atomic E-state index is 13.4. The van der Waals surface area contributed by atoms with Crippen molar-refractivity contribution in [3.63, 3.8) is 0 Å². The molecule has 6 heteroatoms. The summed E-state index contributed by atoms with van der Waals surface area (Å²) in [6, 6.07) is 7.02. The van der Waals surface area contributed by atoms with Crippen molar-refractivity contribution in [2.45, 2.75) is 131 Å². The van der Waals surface area contributed by atoms with Crippen LogP contribution in [0.15, 0.2) is 41.3 Å². The standard InChI is InChI=1S/C39H58O5S/c1-25(2)29-16-21-39(24-43-45(41,42)28-12-10-26(3)11-13-28)23-22-37(8)30(34(29)39)14-15-32-36(7)19-18-33(44-27(4)40)35(5,6)31(36)17-20-38(32,37)9/h10-13,29-34H,1,14-24H2,2-9H3/t29-,30-,31+,32+,33+,34+,36+,37+,38-,39+/m0/s1. The predicted octanol–water partition coefficient (Wildman–Crippen LogP) is 9.29. The molecule has 5 fully saturated rings. The lowest BCUT2D eigenvalue weighted by atomic mass is 9.32. The second-order valence-corrected chi connectivity index (χ2v) is 19.2. The molecule has 5 aliphatic rings. The molecule has 10 atom stereocenters. The third-order valence-corrected chi connectivity index (χ3v) is 16.6. The van der Waals surface area contributed by atoms with E-state index in [4.69, 9.17) is 8.92 Å². The molecule has 0 saturated heterocycles. The van der Waals surface area contributed by atoms with Crippen molar-refractivity contribution in [2.75, 3.05) is 6.61 Å². The van der Waals surface area contributed by atoms with Gasteiger partial charge in [-0.2, -0.15) is 8.42 Å². The van der Waals surface area contributed by atoms with Gasteiger partial charge in [-0.1, -0.05) is 64.5 Å². The number of allylic oxidation sites excluding steroid dienone is 1. The topological polar surface area (TPSA) is 69.7 Å². The van der Waals surface area contributed by atoms with Gasteiger partial charge in [0.05, 0.1) is 11.5 Å². The second-order valence-electron chi connectivity index (χ2n) is 17.5. The van der Waals surface area contributed by atoms with E-state index in [2.05, 4.69) is 48.1 Å². The minimum Gasteiger partial charge on any atom is -0.462 e. The fraction of sp³-hybridized carbons (Fsp3) is 0.769. The Morgan fingerprint density at radius 3 is 2.18 bits per heavy atom. The van der Waals surface area contributed by atoms with Crippen LogP contribution < -0.4 is 0 Å². The van der Waals surface area contributed by atoms with E-state index in [9.17, 15) is 13.2 Å². The largest absolute Gasteiger partial charge is 0.462 e. The van der Waals surface area contributed by atoms with E-state index in [1.54, 1.807) is 19.1 Å².